The van der Waals surface area contributed by atoms with Crippen LogP contribution in [0, 0.1) is 6.92 Å². The lowest BCUT2D eigenvalue weighted by Crippen LogP contribution is -2.23. The molecule has 0 unspecified atom stereocenters. The first-order valence-corrected chi connectivity index (χ1v) is 6.95. The van der Waals surface area contributed by atoms with Crippen LogP contribution in [0.2, 0.25) is 5.02 Å². The molecule has 2 aromatic carbocycles. The summed E-state index contributed by atoms with van der Waals surface area (Å²) in [5, 5.41) is 3.26. The molecule has 1 heterocycles. The van der Waals surface area contributed by atoms with Crippen LogP contribution in [0.25, 0.3) is 0 Å². The van der Waals surface area contributed by atoms with Crippen LogP contribution in [-0.2, 0) is 6.54 Å². The van der Waals surface area contributed by atoms with Gasteiger partial charge in [0.25, 0.3) is 5.91 Å². The summed E-state index contributed by atoms with van der Waals surface area (Å²) in [5.74, 6) is 0.800. The maximum atomic E-state index is 12.2. The van der Waals surface area contributed by atoms with E-state index in [1.165, 1.54) is 0 Å². The summed E-state index contributed by atoms with van der Waals surface area (Å²) in [5.41, 5.74) is 2.68. The number of fused-ring (bicyclic) bond motifs is 1. The molecule has 0 aliphatic carbocycles. The van der Waals surface area contributed by atoms with Gasteiger partial charge in [-0.3, -0.25) is 4.79 Å². The molecule has 0 spiro atoms. The minimum absolute atomic E-state index is 0.128. The van der Waals surface area contributed by atoms with Crippen molar-refractivity contribution in [2.45, 2.75) is 13.5 Å². The molecule has 1 amide bonds. The third-order valence-corrected chi connectivity index (χ3v) is 3.67. The van der Waals surface area contributed by atoms with Crippen LogP contribution in [-0.4, -0.2) is 12.7 Å². The molecule has 108 valence electrons. The van der Waals surface area contributed by atoms with E-state index in [2.05, 4.69) is 5.32 Å². The van der Waals surface area contributed by atoms with Gasteiger partial charge in [0.1, 0.15) is 0 Å². The van der Waals surface area contributed by atoms with Crippen LogP contribution >= 0.6 is 11.6 Å². The zero-order valence-corrected chi connectivity index (χ0v) is 12.2. The number of benzene rings is 2. The van der Waals surface area contributed by atoms with Crippen molar-refractivity contribution in [3.8, 4) is 11.5 Å². The predicted molar refractivity (Wildman–Crippen MR) is 79.9 cm³/mol. The number of rotatable bonds is 3. The van der Waals surface area contributed by atoms with Gasteiger partial charge in [-0.1, -0.05) is 35.9 Å². The first kappa shape index (κ1) is 13.8. The van der Waals surface area contributed by atoms with E-state index in [1.807, 2.05) is 31.2 Å². The summed E-state index contributed by atoms with van der Waals surface area (Å²) >= 11 is 6.08. The van der Waals surface area contributed by atoms with Crippen molar-refractivity contribution >= 4 is 17.5 Å². The van der Waals surface area contributed by atoms with Gasteiger partial charge < -0.3 is 14.8 Å². The molecule has 1 aliphatic rings. The Bertz CT molecular complexity index is 700. The Labute approximate surface area is 127 Å². The minimum Gasteiger partial charge on any atom is -0.454 e. The van der Waals surface area contributed by atoms with Gasteiger partial charge >= 0.3 is 0 Å². The van der Waals surface area contributed by atoms with Crippen LogP contribution < -0.4 is 14.8 Å². The van der Waals surface area contributed by atoms with Crippen molar-refractivity contribution in [3.05, 3.63) is 58.1 Å². The number of halogens is 1. The van der Waals surface area contributed by atoms with Crippen LogP contribution in [0.15, 0.2) is 36.4 Å². The lowest BCUT2D eigenvalue weighted by Gasteiger charge is -2.09. The van der Waals surface area contributed by atoms with Crippen LogP contribution in [0.3, 0.4) is 0 Å². The number of amides is 1. The second-order valence-electron chi connectivity index (χ2n) is 4.80. The normalized spacial score (nSPS) is 12.3. The van der Waals surface area contributed by atoms with Crippen LogP contribution in [0.4, 0.5) is 0 Å². The molecule has 0 saturated carbocycles. The van der Waals surface area contributed by atoms with E-state index >= 15 is 0 Å². The third kappa shape index (κ3) is 2.81. The van der Waals surface area contributed by atoms with Gasteiger partial charge in [-0.15, -0.1) is 0 Å². The molecular weight excluding hydrogens is 290 g/mol. The molecule has 1 N–H and O–H groups in total. The van der Waals surface area contributed by atoms with Crippen molar-refractivity contribution in [1.29, 1.82) is 0 Å². The molecule has 4 nitrogen and oxygen atoms in total. The van der Waals surface area contributed by atoms with Crippen molar-refractivity contribution < 1.29 is 14.3 Å². The zero-order valence-electron chi connectivity index (χ0n) is 11.5. The lowest BCUT2D eigenvalue weighted by atomic mass is 10.1. The highest BCUT2D eigenvalue weighted by molar-refractivity contribution is 6.32. The number of ether oxygens (including phenoxy) is 2. The smallest absolute Gasteiger partial charge is 0.251 e. The molecule has 5 heteroatoms. The monoisotopic (exact) mass is 303 g/mol. The van der Waals surface area contributed by atoms with Crippen LogP contribution in [0.1, 0.15) is 21.5 Å². The second-order valence-corrected chi connectivity index (χ2v) is 5.21. The van der Waals surface area contributed by atoms with E-state index < -0.39 is 0 Å². The molecule has 0 atom stereocenters. The Morgan fingerprint density at radius 1 is 1.29 bits per heavy atom. The number of hydrogen-bond acceptors (Lipinski definition) is 3. The Morgan fingerprint density at radius 3 is 2.90 bits per heavy atom. The topological polar surface area (TPSA) is 47.6 Å². The van der Waals surface area contributed by atoms with Gasteiger partial charge in [0.2, 0.25) is 6.79 Å². The fourth-order valence-corrected chi connectivity index (χ4v) is 2.45. The number of carbonyl (C=O) groups is 1. The van der Waals surface area contributed by atoms with E-state index in [9.17, 15) is 4.79 Å². The van der Waals surface area contributed by atoms with Crippen molar-refractivity contribution in [2.75, 3.05) is 6.79 Å². The maximum Gasteiger partial charge on any atom is 0.251 e. The highest BCUT2D eigenvalue weighted by Crippen LogP contribution is 2.39. The average molecular weight is 304 g/mol. The summed E-state index contributed by atoms with van der Waals surface area (Å²) in [6.45, 7) is 2.61. The summed E-state index contributed by atoms with van der Waals surface area (Å²) in [4.78, 5) is 12.2. The van der Waals surface area contributed by atoms with Crippen LogP contribution in [0.5, 0.6) is 11.5 Å². The van der Waals surface area contributed by atoms with Gasteiger partial charge in [-0.25, -0.2) is 0 Å². The van der Waals surface area contributed by atoms with Gasteiger partial charge in [0.15, 0.2) is 11.5 Å². The second kappa shape index (κ2) is 5.66. The molecule has 3 rings (SSSR count). The van der Waals surface area contributed by atoms with E-state index in [-0.39, 0.29) is 12.7 Å². The molecular formula is C16H14ClNO3. The van der Waals surface area contributed by atoms with E-state index in [0.717, 1.165) is 11.1 Å². The molecule has 2 aromatic rings. The van der Waals surface area contributed by atoms with Crippen molar-refractivity contribution in [2.24, 2.45) is 0 Å². The lowest BCUT2D eigenvalue weighted by molar-refractivity contribution is 0.0950. The quantitative estimate of drug-likeness (QED) is 0.946. The van der Waals surface area contributed by atoms with E-state index in [1.54, 1.807) is 12.1 Å². The fraction of sp³-hybridized carbons (Fsp3) is 0.188. The first-order chi connectivity index (χ1) is 10.1. The molecule has 0 fully saturated rings. The molecule has 0 saturated heterocycles. The van der Waals surface area contributed by atoms with Gasteiger partial charge in [0, 0.05) is 12.1 Å². The standard InChI is InChI=1S/C16H14ClNO3/c1-10-4-2-3-5-11(10)8-18-16(19)12-6-13(17)15-14(7-12)20-9-21-15/h2-7H,8-9H2,1H3,(H,18,19). The summed E-state index contributed by atoms with van der Waals surface area (Å²) in [6.07, 6.45) is 0. The SMILES string of the molecule is Cc1ccccc1CNC(=O)c1cc(Cl)c2c(c1)OCO2. The highest BCUT2D eigenvalue weighted by atomic mass is 35.5. The highest BCUT2D eigenvalue weighted by Gasteiger charge is 2.20. The first-order valence-electron chi connectivity index (χ1n) is 6.57. The molecule has 0 aromatic heterocycles. The molecule has 21 heavy (non-hydrogen) atoms. The summed E-state index contributed by atoms with van der Waals surface area (Å²) in [6, 6.07) is 11.1. The largest absolute Gasteiger partial charge is 0.454 e. The van der Waals surface area contributed by atoms with Crippen molar-refractivity contribution in [1.82, 2.24) is 5.32 Å². The number of carbonyl (C=O) groups excluding carboxylic acids is 1. The molecule has 0 radical (unpaired) electrons. The van der Waals surface area contributed by atoms with Gasteiger partial charge in [-0.2, -0.15) is 0 Å². The molecule has 1 aliphatic heterocycles. The predicted octanol–water partition coefficient (Wildman–Crippen LogP) is 3.31. The number of aryl methyl sites for hydroxylation is 1. The zero-order chi connectivity index (χ0) is 14.8. The minimum atomic E-state index is -0.196. The Balaban J connectivity index is 1.74. The average Bonchev–Trinajstić information content (AvgIpc) is 2.95. The Hall–Kier alpha value is -2.20. The Kier molecular flexibility index (Phi) is 3.71. The van der Waals surface area contributed by atoms with Crippen molar-refractivity contribution in [3.63, 3.8) is 0 Å². The van der Waals surface area contributed by atoms with E-state index in [4.69, 9.17) is 21.1 Å². The number of nitrogens with one attached hydrogen (secondary N) is 1. The summed E-state index contributed by atoms with van der Waals surface area (Å²) in [7, 11) is 0. The summed E-state index contributed by atoms with van der Waals surface area (Å²) < 4.78 is 10.5. The molecule has 0 bridgehead atoms. The van der Waals surface area contributed by atoms with Gasteiger partial charge in [-0.05, 0) is 30.2 Å². The maximum absolute atomic E-state index is 12.2. The Morgan fingerprint density at radius 2 is 2.10 bits per heavy atom. The third-order valence-electron chi connectivity index (χ3n) is 3.39. The number of hydrogen-bond donors (Lipinski definition) is 1. The van der Waals surface area contributed by atoms with Gasteiger partial charge in [0.05, 0.1) is 5.02 Å². The fourth-order valence-electron chi connectivity index (χ4n) is 2.18. The van der Waals surface area contributed by atoms with E-state index in [0.29, 0.717) is 28.6 Å².